The van der Waals surface area contributed by atoms with E-state index in [0.29, 0.717) is 12.3 Å². The molecule has 3 nitrogen and oxygen atoms in total. The number of hydrogen-bond acceptors (Lipinski definition) is 3. The molecule has 0 unspecified atom stereocenters. The van der Waals surface area contributed by atoms with Gasteiger partial charge in [-0.2, -0.15) is 0 Å². The van der Waals surface area contributed by atoms with Crippen LogP contribution in [-0.4, -0.2) is 30.2 Å². The number of rotatable bonds is 6. The summed E-state index contributed by atoms with van der Waals surface area (Å²) >= 11 is 0. The topological polar surface area (TPSA) is 46.5 Å². The van der Waals surface area contributed by atoms with Gasteiger partial charge in [0.15, 0.2) is 0 Å². The number of hydrogen-bond donors (Lipinski definition) is 1. The summed E-state index contributed by atoms with van der Waals surface area (Å²) in [5.41, 5.74) is 1.05. The predicted molar refractivity (Wildman–Crippen MR) is 81.5 cm³/mol. The highest BCUT2D eigenvalue weighted by Gasteiger charge is 2.43. The molecule has 1 N–H and O–H groups in total. The summed E-state index contributed by atoms with van der Waals surface area (Å²) < 4.78 is 5.46. The summed E-state index contributed by atoms with van der Waals surface area (Å²) in [5.74, 6) is 0.638. The second-order valence-corrected chi connectivity index (χ2v) is 6.43. The Morgan fingerprint density at radius 3 is 2.65 bits per heavy atom. The molecular weight excluding hydrogens is 252 g/mol. The van der Waals surface area contributed by atoms with Gasteiger partial charge in [-0.15, -0.1) is 0 Å². The van der Waals surface area contributed by atoms with Crippen LogP contribution in [0.15, 0.2) is 11.6 Å². The third-order valence-corrected chi connectivity index (χ3v) is 4.46. The minimum atomic E-state index is -0.541. The minimum absolute atomic E-state index is 0.0344. The van der Waals surface area contributed by atoms with Crippen LogP contribution in [0.1, 0.15) is 53.4 Å². The van der Waals surface area contributed by atoms with Gasteiger partial charge in [-0.05, 0) is 31.6 Å². The summed E-state index contributed by atoms with van der Waals surface area (Å²) in [6.07, 6.45) is 4.60. The largest absolute Gasteiger partial charge is 0.390 e. The Hall–Kier alpha value is -0.670. The molecule has 0 aromatic rings. The monoisotopic (exact) mass is 282 g/mol. The van der Waals surface area contributed by atoms with Crippen molar-refractivity contribution in [3.05, 3.63) is 11.6 Å². The van der Waals surface area contributed by atoms with E-state index in [1.807, 2.05) is 13.8 Å². The average Bonchev–Trinajstić information content (AvgIpc) is 2.39. The van der Waals surface area contributed by atoms with Crippen LogP contribution in [0.5, 0.6) is 0 Å². The molecule has 0 aromatic carbocycles. The van der Waals surface area contributed by atoms with Crippen molar-refractivity contribution < 1.29 is 14.6 Å². The summed E-state index contributed by atoms with van der Waals surface area (Å²) in [7, 11) is 1.59. The zero-order chi connectivity index (χ0) is 15.3. The molecule has 3 heteroatoms. The van der Waals surface area contributed by atoms with Crippen LogP contribution in [0.3, 0.4) is 0 Å². The van der Waals surface area contributed by atoms with Crippen LogP contribution in [0.4, 0.5) is 0 Å². The van der Waals surface area contributed by atoms with Crippen molar-refractivity contribution in [2.45, 2.75) is 65.6 Å². The molecule has 116 valence electrons. The fourth-order valence-electron chi connectivity index (χ4n) is 3.10. The maximum atomic E-state index is 12.4. The lowest BCUT2D eigenvalue weighted by molar-refractivity contribution is -0.143. The van der Waals surface area contributed by atoms with Gasteiger partial charge in [0.1, 0.15) is 5.78 Å². The lowest BCUT2D eigenvalue weighted by Gasteiger charge is -2.38. The molecule has 0 spiro atoms. The van der Waals surface area contributed by atoms with Gasteiger partial charge in [0.25, 0.3) is 0 Å². The molecule has 0 saturated heterocycles. The number of ether oxygens (including phenoxy) is 1. The van der Waals surface area contributed by atoms with E-state index in [1.54, 1.807) is 7.11 Å². The summed E-state index contributed by atoms with van der Waals surface area (Å²) in [5, 5.41) is 10.4. The minimum Gasteiger partial charge on any atom is -0.390 e. The SMILES string of the molecule is CC[C@@H]1CC(=O)[C@@H](/C(C)=C/CCC(C)C)[C@H](OC)[C@@H]1O. The Kier molecular flexibility index (Phi) is 6.90. The number of aliphatic hydroxyl groups excluding tert-OH is 1. The fraction of sp³-hybridized carbons (Fsp3) is 0.824. The number of carbonyl (C=O) groups excluding carboxylic acids is 1. The van der Waals surface area contributed by atoms with Gasteiger partial charge < -0.3 is 9.84 Å². The molecule has 1 saturated carbocycles. The highest BCUT2D eigenvalue weighted by molar-refractivity contribution is 5.85. The molecule has 0 amide bonds. The molecule has 0 aliphatic heterocycles. The second kappa shape index (κ2) is 7.94. The van der Waals surface area contributed by atoms with Crippen LogP contribution in [0.2, 0.25) is 0 Å². The van der Waals surface area contributed by atoms with Gasteiger partial charge in [-0.1, -0.05) is 38.8 Å². The van der Waals surface area contributed by atoms with Crippen molar-refractivity contribution in [1.82, 2.24) is 0 Å². The Balaban J connectivity index is 2.82. The second-order valence-electron chi connectivity index (χ2n) is 6.43. The smallest absolute Gasteiger partial charge is 0.143 e. The summed E-state index contributed by atoms with van der Waals surface area (Å²) in [6, 6.07) is 0. The maximum Gasteiger partial charge on any atom is 0.143 e. The first-order valence-electron chi connectivity index (χ1n) is 7.82. The van der Waals surface area contributed by atoms with E-state index in [4.69, 9.17) is 4.74 Å². The average molecular weight is 282 g/mol. The van der Waals surface area contributed by atoms with Crippen molar-refractivity contribution in [1.29, 1.82) is 0 Å². The van der Waals surface area contributed by atoms with Gasteiger partial charge in [0.2, 0.25) is 0 Å². The predicted octanol–water partition coefficient (Wildman–Crippen LogP) is 3.36. The molecule has 1 aliphatic rings. The highest BCUT2D eigenvalue weighted by Crippen LogP contribution is 2.34. The van der Waals surface area contributed by atoms with E-state index in [-0.39, 0.29) is 17.6 Å². The first-order chi connectivity index (χ1) is 9.42. The van der Waals surface area contributed by atoms with Crippen LogP contribution in [0, 0.1) is 17.8 Å². The maximum absolute atomic E-state index is 12.4. The number of Topliss-reactive ketones (excluding diaryl/α,β-unsaturated/α-hetero) is 1. The van der Waals surface area contributed by atoms with Gasteiger partial charge in [0, 0.05) is 13.5 Å². The van der Waals surface area contributed by atoms with Gasteiger partial charge in [0.05, 0.1) is 18.1 Å². The van der Waals surface area contributed by atoms with Crippen LogP contribution in [-0.2, 0) is 9.53 Å². The van der Waals surface area contributed by atoms with Gasteiger partial charge >= 0.3 is 0 Å². The van der Waals surface area contributed by atoms with Crippen LogP contribution < -0.4 is 0 Å². The molecule has 0 aromatic heterocycles. The fourth-order valence-corrected chi connectivity index (χ4v) is 3.10. The van der Waals surface area contributed by atoms with Crippen molar-refractivity contribution in [2.75, 3.05) is 7.11 Å². The highest BCUT2D eigenvalue weighted by atomic mass is 16.5. The van der Waals surface area contributed by atoms with Crippen molar-refractivity contribution in [2.24, 2.45) is 17.8 Å². The van der Waals surface area contributed by atoms with E-state index in [9.17, 15) is 9.90 Å². The lowest BCUT2D eigenvalue weighted by atomic mass is 9.72. The quantitative estimate of drug-likeness (QED) is 0.760. The molecule has 0 bridgehead atoms. The van der Waals surface area contributed by atoms with Gasteiger partial charge in [-0.25, -0.2) is 0 Å². The molecular formula is C17H30O3. The van der Waals surface area contributed by atoms with E-state index in [1.165, 1.54) is 0 Å². The van der Waals surface area contributed by atoms with E-state index < -0.39 is 12.2 Å². The van der Waals surface area contributed by atoms with Crippen LogP contribution >= 0.6 is 0 Å². The van der Waals surface area contributed by atoms with E-state index >= 15 is 0 Å². The normalized spacial score (nSPS) is 31.9. The molecule has 1 rings (SSSR count). The summed E-state index contributed by atoms with van der Waals surface area (Å²) in [6.45, 7) is 8.40. The zero-order valence-electron chi connectivity index (χ0n) is 13.6. The lowest BCUT2D eigenvalue weighted by Crippen LogP contribution is -2.49. The van der Waals surface area contributed by atoms with Crippen molar-refractivity contribution in [3.8, 4) is 0 Å². The third-order valence-electron chi connectivity index (χ3n) is 4.46. The number of aliphatic hydroxyl groups is 1. The molecule has 4 atom stereocenters. The first kappa shape index (κ1) is 17.4. The standard InChI is InChI=1S/C17H30O3/c1-6-13-10-14(18)15(17(20-5)16(13)19)12(4)9-7-8-11(2)3/h9,11,13,15-17,19H,6-8,10H2,1-5H3/b12-9+/t13-,15-,16-,17+/m1/s1. The molecule has 1 fully saturated rings. The molecule has 1 aliphatic carbocycles. The van der Waals surface area contributed by atoms with E-state index in [0.717, 1.165) is 24.8 Å². The number of allylic oxidation sites excluding steroid dienone is 1. The molecule has 0 radical (unpaired) electrons. The first-order valence-corrected chi connectivity index (χ1v) is 7.82. The Bertz CT molecular complexity index is 346. The number of methoxy groups -OCH3 is 1. The Morgan fingerprint density at radius 2 is 2.15 bits per heavy atom. The Morgan fingerprint density at radius 1 is 1.50 bits per heavy atom. The summed E-state index contributed by atoms with van der Waals surface area (Å²) in [4.78, 5) is 12.4. The number of ketones is 1. The third kappa shape index (κ3) is 4.16. The molecule has 0 heterocycles. The van der Waals surface area contributed by atoms with Crippen molar-refractivity contribution >= 4 is 5.78 Å². The van der Waals surface area contributed by atoms with E-state index in [2.05, 4.69) is 19.9 Å². The number of carbonyl (C=O) groups is 1. The van der Waals surface area contributed by atoms with Crippen molar-refractivity contribution in [3.63, 3.8) is 0 Å². The van der Waals surface area contributed by atoms with Crippen LogP contribution in [0.25, 0.3) is 0 Å². The Labute approximate surface area is 123 Å². The zero-order valence-corrected chi connectivity index (χ0v) is 13.6. The molecule has 20 heavy (non-hydrogen) atoms. The van der Waals surface area contributed by atoms with Gasteiger partial charge in [-0.3, -0.25) is 4.79 Å².